The molecule has 0 aliphatic heterocycles. The first-order chi connectivity index (χ1) is 16.7. The first-order valence-electron chi connectivity index (χ1n) is 11.0. The van der Waals surface area contributed by atoms with Crippen LogP contribution in [0.1, 0.15) is 24.1 Å². The van der Waals surface area contributed by atoms with Crippen molar-refractivity contribution in [1.29, 1.82) is 0 Å². The quantitative estimate of drug-likeness (QED) is 0.236. The van der Waals surface area contributed by atoms with Gasteiger partial charge in [0.2, 0.25) is 0 Å². The summed E-state index contributed by atoms with van der Waals surface area (Å²) < 4.78 is 49.2. The number of carboxylic acid groups (broad SMARTS) is 1. The van der Waals surface area contributed by atoms with Gasteiger partial charge in [-0.15, -0.1) is 0 Å². The lowest BCUT2D eigenvalue weighted by Crippen LogP contribution is -2.31. The lowest BCUT2D eigenvalue weighted by molar-refractivity contribution is -0.192. The normalized spacial score (nSPS) is 15.3. The molecule has 0 amide bonds. The lowest BCUT2D eigenvalue weighted by atomic mass is 10.1. The van der Waals surface area contributed by atoms with Crippen LogP contribution in [0.5, 0.6) is 5.75 Å². The van der Waals surface area contributed by atoms with Crippen molar-refractivity contribution in [1.82, 2.24) is 9.55 Å². The van der Waals surface area contributed by atoms with E-state index in [1.54, 1.807) is 24.3 Å². The minimum atomic E-state index is -4.60. The minimum absolute atomic E-state index is 0.199. The number of carboxylic acids is 1. The molecule has 1 atom stereocenters. The van der Waals surface area contributed by atoms with Gasteiger partial charge in [0.1, 0.15) is 30.3 Å². The maximum Gasteiger partial charge on any atom is 0.411 e. The van der Waals surface area contributed by atoms with Crippen molar-refractivity contribution in [2.45, 2.75) is 38.1 Å². The number of ether oxygens (including phenoxy) is 2. The van der Waals surface area contributed by atoms with Crippen molar-refractivity contribution in [2.24, 2.45) is 11.1 Å². The predicted molar refractivity (Wildman–Crippen MR) is 120 cm³/mol. The summed E-state index contributed by atoms with van der Waals surface area (Å²) in [6.45, 7) is -0.793. The van der Waals surface area contributed by atoms with Crippen molar-refractivity contribution in [3.63, 3.8) is 0 Å². The Balaban J connectivity index is 1.33. The molecule has 1 fully saturated rings. The number of nitrogens with zero attached hydrogens (tertiary/aromatic N) is 3. The zero-order valence-electron chi connectivity index (χ0n) is 18.6. The second kappa shape index (κ2) is 10.3. The fourth-order valence-corrected chi connectivity index (χ4v) is 3.69. The number of alkyl halides is 3. The smallest absolute Gasteiger partial charge is 0.411 e. The summed E-state index contributed by atoms with van der Waals surface area (Å²) in [5.74, 6) is -0.674. The number of halogens is 3. The largest absolute Gasteiger partial charge is 0.492 e. The molecule has 0 saturated heterocycles. The maximum atomic E-state index is 12.3. The first kappa shape index (κ1) is 24.5. The van der Waals surface area contributed by atoms with Gasteiger partial charge in [-0.05, 0) is 48.7 Å². The third kappa shape index (κ3) is 6.50. The zero-order chi connectivity index (χ0) is 25.0. The van der Waals surface area contributed by atoms with Gasteiger partial charge in [0.15, 0.2) is 6.10 Å². The maximum absolute atomic E-state index is 12.3. The van der Waals surface area contributed by atoms with Gasteiger partial charge >= 0.3 is 12.1 Å². The molecule has 1 aliphatic rings. The number of benzene rings is 1. The van der Waals surface area contributed by atoms with Crippen molar-refractivity contribution in [2.75, 3.05) is 13.2 Å². The molecule has 1 unspecified atom stereocenters. The molecule has 11 heteroatoms. The second-order valence-corrected chi connectivity index (χ2v) is 8.33. The monoisotopic (exact) mass is 491 g/mol. The van der Waals surface area contributed by atoms with Crippen LogP contribution >= 0.6 is 0 Å². The number of aromatic nitrogens is 2. The highest BCUT2D eigenvalue weighted by Crippen LogP contribution is 2.33. The third-order valence-electron chi connectivity index (χ3n) is 5.61. The van der Waals surface area contributed by atoms with Gasteiger partial charge in [-0.3, -0.25) is 0 Å². The molecule has 8 nitrogen and oxygen atoms in total. The van der Waals surface area contributed by atoms with Crippen LogP contribution < -0.4 is 4.74 Å². The van der Waals surface area contributed by atoms with E-state index in [0.717, 1.165) is 23.9 Å². The summed E-state index contributed by atoms with van der Waals surface area (Å²) in [7, 11) is 0. The van der Waals surface area contributed by atoms with Gasteiger partial charge in [0, 0.05) is 23.9 Å². The van der Waals surface area contributed by atoms with E-state index in [0.29, 0.717) is 35.9 Å². The first-order valence-corrected chi connectivity index (χ1v) is 11.0. The van der Waals surface area contributed by atoms with Crippen LogP contribution in [0.3, 0.4) is 0 Å². The molecule has 4 rings (SSSR count). The molecular weight excluding hydrogens is 467 g/mol. The highest BCUT2D eigenvalue weighted by Gasteiger charge is 2.32. The summed E-state index contributed by atoms with van der Waals surface area (Å²) in [6.07, 6.45) is -2.52. The second-order valence-electron chi connectivity index (χ2n) is 8.33. The molecule has 1 aromatic carbocycles. The molecule has 0 spiro atoms. The molecule has 186 valence electrons. The number of rotatable bonds is 11. The number of hydrogen-bond acceptors (Lipinski definition) is 6. The van der Waals surface area contributed by atoms with E-state index < -0.39 is 24.9 Å². The Hall–Kier alpha value is -3.60. The number of aliphatic carboxylic acids is 1. The van der Waals surface area contributed by atoms with Crippen LogP contribution in [-0.4, -0.2) is 57.0 Å². The Bertz CT molecular complexity index is 1200. The van der Waals surface area contributed by atoms with Gasteiger partial charge in [-0.25, -0.2) is 9.78 Å². The van der Waals surface area contributed by atoms with Crippen molar-refractivity contribution in [3.05, 3.63) is 59.9 Å². The van der Waals surface area contributed by atoms with Gasteiger partial charge in [0.05, 0.1) is 12.2 Å². The summed E-state index contributed by atoms with van der Waals surface area (Å²) in [5.41, 5.74) is 2.52. The zero-order valence-corrected chi connectivity index (χ0v) is 18.6. The molecule has 2 N–H and O–H groups in total. The highest BCUT2D eigenvalue weighted by atomic mass is 19.4. The van der Waals surface area contributed by atoms with Gasteiger partial charge < -0.3 is 24.4 Å². The molecule has 1 saturated carbocycles. The van der Waals surface area contributed by atoms with Gasteiger partial charge in [-0.1, -0.05) is 17.3 Å². The molecule has 1 aliphatic carbocycles. The van der Waals surface area contributed by atoms with Crippen molar-refractivity contribution >= 4 is 22.7 Å². The van der Waals surface area contributed by atoms with Crippen LogP contribution in [-0.2, 0) is 22.5 Å². The van der Waals surface area contributed by atoms with E-state index in [9.17, 15) is 23.2 Å². The predicted octanol–water partition coefficient (Wildman–Crippen LogP) is 4.28. The van der Waals surface area contributed by atoms with E-state index in [1.165, 1.54) is 0 Å². The van der Waals surface area contributed by atoms with Crippen LogP contribution in [0.25, 0.3) is 11.0 Å². The third-order valence-corrected chi connectivity index (χ3v) is 5.61. The van der Waals surface area contributed by atoms with Crippen LogP contribution in [0, 0.1) is 5.92 Å². The fourth-order valence-electron chi connectivity index (χ4n) is 3.69. The van der Waals surface area contributed by atoms with Crippen LogP contribution in [0.4, 0.5) is 13.2 Å². The van der Waals surface area contributed by atoms with Gasteiger partial charge in [-0.2, -0.15) is 13.2 Å². The molecular formula is C24H24F3N3O5. The molecule has 3 aromatic rings. The Morgan fingerprint density at radius 2 is 1.91 bits per heavy atom. The Morgan fingerprint density at radius 3 is 2.54 bits per heavy atom. The molecule has 0 radical (unpaired) electrons. The topological polar surface area (TPSA) is 106 Å². The van der Waals surface area contributed by atoms with Crippen LogP contribution in [0.15, 0.2) is 53.8 Å². The van der Waals surface area contributed by atoms with E-state index >= 15 is 0 Å². The Labute approximate surface area is 198 Å². The molecule has 2 aromatic heterocycles. The molecule has 35 heavy (non-hydrogen) atoms. The SMILES string of the molecule is O=C(O)C(Cc1ccc(OCCn2ccc3ccc(/C(=N\O)C4CC4)nc32)cc1)OCC(F)(F)F. The standard InChI is InChI=1S/C24H24F3N3O5/c25-24(26,27)14-35-20(23(31)32)13-15-1-6-18(7-2-15)34-12-11-30-10-9-17-5-8-19(28-22(17)30)21(29-33)16-3-4-16/h1-2,5-10,16,20,33H,3-4,11-14H2,(H,31,32)/b29-21-. The Kier molecular flexibility index (Phi) is 7.25. The number of fused-ring (bicyclic) bond motifs is 1. The number of pyridine rings is 1. The van der Waals surface area contributed by atoms with Crippen molar-refractivity contribution < 1.29 is 37.8 Å². The highest BCUT2D eigenvalue weighted by molar-refractivity contribution is 6.02. The number of oxime groups is 1. The average molecular weight is 491 g/mol. The Morgan fingerprint density at radius 1 is 1.17 bits per heavy atom. The fraction of sp³-hybridized carbons (Fsp3) is 0.375. The van der Waals surface area contributed by atoms with Gasteiger partial charge in [0.25, 0.3) is 0 Å². The van der Waals surface area contributed by atoms with Crippen LogP contribution in [0.2, 0.25) is 0 Å². The van der Waals surface area contributed by atoms with E-state index in [4.69, 9.17) is 9.84 Å². The number of hydrogen-bond donors (Lipinski definition) is 2. The molecule has 0 bridgehead atoms. The summed E-state index contributed by atoms with van der Waals surface area (Å²) >= 11 is 0. The minimum Gasteiger partial charge on any atom is -0.492 e. The summed E-state index contributed by atoms with van der Waals surface area (Å²) in [6, 6.07) is 12.2. The average Bonchev–Trinajstić information content (AvgIpc) is 3.57. The van der Waals surface area contributed by atoms with E-state index in [-0.39, 0.29) is 12.3 Å². The van der Waals surface area contributed by atoms with E-state index in [1.807, 2.05) is 29.0 Å². The summed E-state index contributed by atoms with van der Waals surface area (Å²) in [4.78, 5) is 15.9. The summed E-state index contributed by atoms with van der Waals surface area (Å²) in [5, 5.41) is 22.8. The number of carbonyl (C=O) groups is 1. The lowest BCUT2D eigenvalue weighted by Gasteiger charge is -2.15. The van der Waals surface area contributed by atoms with E-state index in [2.05, 4.69) is 14.9 Å². The van der Waals surface area contributed by atoms with Crippen molar-refractivity contribution in [3.8, 4) is 5.75 Å². The molecule has 2 heterocycles.